The van der Waals surface area contributed by atoms with Crippen LogP contribution in [0.15, 0.2) is 30.3 Å². The maximum absolute atomic E-state index is 9.57. The van der Waals surface area contributed by atoms with Crippen LogP contribution in [0.3, 0.4) is 0 Å². The number of aliphatic hydroxyl groups is 2. The molecule has 13 heavy (non-hydrogen) atoms. The van der Waals surface area contributed by atoms with Crippen molar-refractivity contribution in [2.75, 3.05) is 0 Å². The van der Waals surface area contributed by atoms with Gasteiger partial charge < -0.3 is 14.9 Å². The second kappa shape index (κ2) is 3.77. The van der Waals surface area contributed by atoms with Crippen molar-refractivity contribution in [2.45, 2.75) is 25.7 Å². The highest BCUT2D eigenvalue weighted by atomic mass is 16.6. The molecule has 0 aliphatic rings. The lowest BCUT2D eigenvalue weighted by Crippen LogP contribution is -2.42. The van der Waals surface area contributed by atoms with Crippen molar-refractivity contribution in [3.05, 3.63) is 30.3 Å². The fraction of sp³-hybridized carbons (Fsp3) is 0.400. The minimum atomic E-state index is -1.54. The van der Waals surface area contributed by atoms with Crippen LogP contribution in [0.25, 0.3) is 0 Å². The van der Waals surface area contributed by atoms with Crippen LogP contribution < -0.4 is 4.74 Å². The third-order valence-corrected chi connectivity index (χ3v) is 1.84. The predicted octanol–water partition coefficient (Wildman–Crippen LogP) is 1.15. The largest absolute Gasteiger partial charge is 0.460 e. The standard InChI is InChI=1S/C10H14O3/c1-8(11)10(2,12)13-9-6-4-3-5-7-9/h3-8,11-12H,1-2H3. The highest BCUT2D eigenvalue weighted by Gasteiger charge is 2.28. The lowest BCUT2D eigenvalue weighted by atomic mass is 10.2. The van der Waals surface area contributed by atoms with Gasteiger partial charge >= 0.3 is 0 Å². The van der Waals surface area contributed by atoms with E-state index < -0.39 is 11.9 Å². The third-order valence-electron chi connectivity index (χ3n) is 1.84. The summed E-state index contributed by atoms with van der Waals surface area (Å²) < 4.78 is 5.17. The van der Waals surface area contributed by atoms with Gasteiger partial charge in [-0.05, 0) is 19.1 Å². The molecule has 1 rings (SSSR count). The molecule has 3 nitrogen and oxygen atoms in total. The van der Waals surface area contributed by atoms with E-state index in [1.165, 1.54) is 13.8 Å². The lowest BCUT2D eigenvalue weighted by Gasteiger charge is -2.27. The topological polar surface area (TPSA) is 49.7 Å². The van der Waals surface area contributed by atoms with Crippen molar-refractivity contribution >= 4 is 0 Å². The van der Waals surface area contributed by atoms with Crippen LogP contribution in [-0.4, -0.2) is 22.1 Å². The molecule has 0 saturated heterocycles. The molecular weight excluding hydrogens is 168 g/mol. The molecule has 0 heterocycles. The molecular formula is C10H14O3. The van der Waals surface area contributed by atoms with E-state index in [1.54, 1.807) is 24.3 Å². The van der Waals surface area contributed by atoms with Crippen LogP contribution >= 0.6 is 0 Å². The summed E-state index contributed by atoms with van der Waals surface area (Å²) in [5.41, 5.74) is 0. The Morgan fingerprint density at radius 2 is 1.85 bits per heavy atom. The first-order valence-electron chi connectivity index (χ1n) is 4.17. The van der Waals surface area contributed by atoms with E-state index in [-0.39, 0.29) is 0 Å². The highest BCUT2D eigenvalue weighted by Crippen LogP contribution is 2.18. The minimum absolute atomic E-state index is 0.536. The molecule has 0 saturated carbocycles. The van der Waals surface area contributed by atoms with E-state index in [0.717, 1.165) is 0 Å². The summed E-state index contributed by atoms with van der Waals surface area (Å²) >= 11 is 0. The molecule has 0 aliphatic heterocycles. The normalized spacial score (nSPS) is 17.5. The zero-order chi connectivity index (χ0) is 9.90. The van der Waals surface area contributed by atoms with Crippen molar-refractivity contribution in [3.8, 4) is 5.75 Å². The van der Waals surface area contributed by atoms with E-state index in [1.807, 2.05) is 6.07 Å². The first kappa shape index (κ1) is 10.0. The molecule has 1 aromatic rings. The van der Waals surface area contributed by atoms with Gasteiger partial charge in [-0.15, -0.1) is 0 Å². The maximum Gasteiger partial charge on any atom is 0.231 e. The Bertz CT molecular complexity index is 254. The van der Waals surface area contributed by atoms with Gasteiger partial charge in [-0.1, -0.05) is 18.2 Å². The Morgan fingerprint density at radius 3 is 2.31 bits per heavy atom. The van der Waals surface area contributed by atoms with Crippen molar-refractivity contribution in [1.29, 1.82) is 0 Å². The molecule has 72 valence electrons. The Labute approximate surface area is 77.6 Å². The van der Waals surface area contributed by atoms with Gasteiger partial charge in [0.15, 0.2) is 0 Å². The van der Waals surface area contributed by atoms with Crippen molar-refractivity contribution in [1.82, 2.24) is 0 Å². The first-order chi connectivity index (χ1) is 6.02. The van der Waals surface area contributed by atoms with Gasteiger partial charge in [0.2, 0.25) is 5.79 Å². The molecule has 0 aromatic heterocycles. The second-order valence-electron chi connectivity index (χ2n) is 3.15. The average Bonchev–Trinajstić information content (AvgIpc) is 2.05. The summed E-state index contributed by atoms with van der Waals surface area (Å²) in [5.74, 6) is -1.00. The number of ether oxygens (including phenoxy) is 1. The highest BCUT2D eigenvalue weighted by molar-refractivity contribution is 5.21. The molecule has 0 bridgehead atoms. The van der Waals surface area contributed by atoms with E-state index in [2.05, 4.69) is 0 Å². The summed E-state index contributed by atoms with van der Waals surface area (Å²) in [7, 11) is 0. The third kappa shape index (κ3) is 2.72. The molecule has 3 heteroatoms. The quantitative estimate of drug-likeness (QED) is 0.689. The molecule has 2 N–H and O–H groups in total. The van der Waals surface area contributed by atoms with E-state index >= 15 is 0 Å². The Kier molecular flexibility index (Phi) is 2.90. The number of rotatable bonds is 3. The molecule has 0 spiro atoms. The Hall–Kier alpha value is -1.06. The monoisotopic (exact) mass is 182 g/mol. The van der Waals surface area contributed by atoms with Crippen LogP contribution in [0.1, 0.15) is 13.8 Å². The molecule has 2 atom stereocenters. The Morgan fingerprint density at radius 1 is 1.31 bits per heavy atom. The van der Waals surface area contributed by atoms with Gasteiger partial charge in [-0.3, -0.25) is 0 Å². The summed E-state index contributed by atoms with van der Waals surface area (Å²) in [6.07, 6.45) is -0.937. The van der Waals surface area contributed by atoms with Crippen LogP contribution in [0.5, 0.6) is 5.75 Å². The van der Waals surface area contributed by atoms with Crippen molar-refractivity contribution in [2.24, 2.45) is 0 Å². The average molecular weight is 182 g/mol. The fourth-order valence-corrected chi connectivity index (χ4v) is 0.812. The molecule has 2 unspecified atom stereocenters. The van der Waals surface area contributed by atoms with E-state index in [4.69, 9.17) is 9.84 Å². The van der Waals surface area contributed by atoms with Gasteiger partial charge in [0.1, 0.15) is 11.9 Å². The number of para-hydroxylation sites is 1. The molecule has 0 amide bonds. The molecule has 0 fully saturated rings. The van der Waals surface area contributed by atoms with Gasteiger partial charge in [-0.2, -0.15) is 0 Å². The number of aliphatic hydroxyl groups excluding tert-OH is 1. The van der Waals surface area contributed by atoms with Gasteiger partial charge in [0.25, 0.3) is 0 Å². The smallest absolute Gasteiger partial charge is 0.231 e. The Balaban J connectivity index is 2.69. The van der Waals surface area contributed by atoms with E-state index in [9.17, 15) is 5.11 Å². The summed E-state index contributed by atoms with van der Waals surface area (Å²) in [4.78, 5) is 0. The van der Waals surface area contributed by atoms with Crippen LogP contribution in [-0.2, 0) is 0 Å². The summed E-state index contributed by atoms with van der Waals surface area (Å²) in [6, 6.07) is 8.89. The zero-order valence-electron chi connectivity index (χ0n) is 7.77. The van der Waals surface area contributed by atoms with Crippen LogP contribution in [0.4, 0.5) is 0 Å². The molecule has 0 aliphatic carbocycles. The van der Waals surface area contributed by atoms with Crippen molar-refractivity contribution < 1.29 is 14.9 Å². The molecule has 1 aromatic carbocycles. The summed E-state index contributed by atoms with van der Waals surface area (Å²) in [6.45, 7) is 2.90. The SMILES string of the molecule is CC(O)C(C)(O)Oc1ccccc1. The summed E-state index contributed by atoms with van der Waals surface area (Å²) in [5, 5.41) is 18.7. The lowest BCUT2D eigenvalue weighted by molar-refractivity contribution is -0.186. The van der Waals surface area contributed by atoms with Crippen LogP contribution in [0.2, 0.25) is 0 Å². The van der Waals surface area contributed by atoms with Crippen LogP contribution in [0, 0.1) is 0 Å². The number of hydrogen-bond acceptors (Lipinski definition) is 3. The van der Waals surface area contributed by atoms with E-state index in [0.29, 0.717) is 5.75 Å². The minimum Gasteiger partial charge on any atom is -0.460 e. The van der Waals surface area contributed by atoms with Gasteiger partial charge in [-0.25, -0.2) is 0 Å². The fourth-order valence-electron chi connectivity index (χ4n) is 0.812. The predicted molar refractivity (Wildman–Crippen MR) is 49.4 cm³/mol. The number of hydrogen-bond donors (Lipinski definition) is 2. The number of benzene rings is 1. The molecule has 0 radical (unpaired) electrons. The van der Waals surface area contributed by atoms with Gasteiger partial charge in [0, 0.05) is 6.92 Å². The first-order valence-corrected chi connectivity index (χ1v) is 4.17. The van der Waals surface area contributed by atoms with Crippen molar-refractivity contribution in [3.63, 3.8) is 0 Å². The maximum atomic E-state index is 9.57. The zero-order valence-corrected chi connectivity index (χ0v) is 7.77. The second-order valence-corrected chi connectivity index (χ2v) is 3.15. The van der Waals surface area contributed by atoms with Gasteiger partial charge in [0.05, 0.1) is 0 Å².